The number of nitrogens with zero attached hydrogens (tertiary/aromatic N) is 4. The van der Waals surface area contributed by atoms with E-state index in [0.717, 1.165) is 11.5 Å². The van der Waals surface area contributed by atoms with E-state index in [1.165, 1.54) is 28.0 Å². The number of hydrogen-bond donors (Lipinski definition) is 0. The summed E-state index contributed by atoms with van der Waals surface area (Å²) in [6.45, 7) is 6.69. The fourth-order valence-corrected chi connectivity index (χ4v) is 4.60. The van der Waals surface area contributed by atoms with Gasteiger partial charge in [0.2, 0.25) is 6.71 Å². The predicted octanol–water partition coefficient (Wildman–Crippen LogP) is 6.02. The van der Waals surface area contributed by atoms with Crippen molar-refractivity contribution >= 4 is 35.1 Å². The molecule has 0 fully saturated rings. The zero-order chi connectivity index (χ0) is 24.9. The molecule has 0 aliphatic carbocycles. The molecule has 4 aromatic rings. The van der Waals surface area contributed by atoms with Gasteiger partial charge in [0.25, 0.3) is 0 Å². The Morgan fingerprint density at radius 3 is 2.22 bits per heavy atom. The molecule has 1 aromatic heterocycles. The first kappa shape index (κ1) is 26.5. The second kappa shape index (κ2) is 12.1. The summed E-state index contributed by atoms with van der Waals surface area (Å²) in [5.74, 6) is 5.19. The summed E-state index contributed by atoms with van der Waals surface area (Å²) in [6.07, 6.45) is 7.13. The zero-order valence-corrected chi connectivity index (χ0v) is 23.6. The summed E-state index contributed by atoms with van der Waals surface area (Å²) in [4.78, 5) is 10.5. The molecule has 0 N–H and O–H groups in total. The number of aryl methyl sites for hydroxylation is 2. The Morgan fingerprint density at radius 1 is 0.838 bits per heavy atom. The molecule has 0 radical (unpaired) electrons. The molecule has 0 spiro atoms. The molecule has 2 aliphatic heterocycles. The summed E-state index contributed by atoms with van der Waals surface area (Å²) in [5, 5.41) is 0. The van der Waals surface area contributed by atoms with Crippen LogP contribution < -0.4 is 20.2 Å². The monoisotopic (exact) mass is 660 g/mol. The van der Waals surface area contributed by atoms with Gasteiger partial charge in [-0.1, -0.05) is 59.1 Å². The molecule has 0 bridgehead atoms. The van der Waals surface area contributed by atoms with Crippen molar-refractivity contribution in [3.8, 4) is 0 Å². The van der Waals surface area contributed by atoms with Gasteiger partial charge in [-0.2, -0.15) is 37.0 Å². The molecule has 3 heterocycles. The smallest absolute Gasteiger partial charge is 0.504 e. The summed E-state index contributed by atoms with van der Waals surface area (Å²) in [6, 6.07) is 31.9. The van der Waals surface area contributed by atoms with Crippen LogP contribution in [-0.4, -0.2) is 18.7 Å². The van der Waals surface area contributed by atoms with Gasteiger partial charge in [0, 0.05) is 23.4 Å². The van der Waals surface area contributed by atoms with Crippen LogP contribution in [0.2, 0.25) is 0 Å². The van der Waals surface area contributed by atoms with E-state index in [1.807, 2.05) is 47.5 Å². The number of rotatable bonds is 3. The van der Waals surface area contributed by atoms with Crippen LogP contribution in [0.5, 0.6) is 0 Å². The van der Waals surface area contributed by atoms with Crippen LogP contribution in [0.1, 0.15) is 11.1 Å². The third kappa shape index (κ3) is 5.88. The quantitative estimate of drug-likeness (QED) is 0.198. The average molecular weight is 660 g/mol. The van der Waals surface area contributed by atoms with Crippen molar-refractivity contribution < 1.29 is 20.1 Å². The zero-order valence-electron chi connectivity index (χ0n) is 21.2. The number of fused-ring (bicyclic) bond motifs is 1. The van der Waals surface area contributed by atoms with Crippen molar-refractivity contribution in [3.63, 3.8) is 0 Å². The fraction of sp³-hybridized carbons (Fsp3) is 0.0968. The minimum absolute atomic E-state index is 0. The minimum Gasteiger partial charge on any atom is -0.504 e. The molecule has 0 atom stereocenters. The number of aromatic nitrogens is 1. The molecule has 0 saturated heterocycles. The Hall–Kier alpha value is -3.60. The SMILES string of the molecule is CN1[CH-]N(c2[c-]cccc2)c2ccccc21.Cc1cccc(C)c1B1C=[C-]N(c2ccccn2)C=C1.[Ir+3]. The Labute approximate surface area is 234 Å². The molecule has 6 rings (SSSR count). The van der Waals surface area contributed by atoms with Gasteiger partial charge in [0.05, 0.1) is 0 Å². The Kier molecular flexibility index (Phi) is 8.65. The van der Waals surface area contributed by atoms with E-state index in [2.05, 4.69) is 115 Å². The maximum atomic E-state index is 4.33. The standard InChI is InChI=1S/C17H16BN2.C14H12N2.Ir/c1-14-6-5-7-15(2)17(14)18-9-12-20(13-10-18)16-8-3-4-11-19-16;1-15-11-16(12-7-3-2-4-8-12)14-10-6-5-9-13(14)15;/h3-12H,1-2H3;2-7,9-11H,1H3;/q-1;-2;+3. The molecule has 2 aliphatic rings. The van der Waals surface area contributed by atoms with Gasteiger partial charge in [-0.25, -0.2) is 0 Å². The van der Waals surface area contributed by atoms with Crippen LogP contribution >= 0.6 is 0 Å². The first-order valence-electron chi connectivity index (χ1n) is 12.1. The van der Waals surface area contributed by atoms with Crippen LogP contribution in [0.3, 0.4) is 0 Å². The minimum atomic E-state index is 0. The van der Waals surface area contributed by atoms with Crippen LogP contribution in [0.15, 0.2) is 109 Å². The fourth-order valence-electron chi connectivity index (χ4n) is 4.60. The number of anilines is 4. The van der Waals surface area contributed by atoms with Crippen LogP contribution in [0, 0.1) is 32.8 Å². The molecule has 37 heavy (non-hydrogen) atoms. The number of benzene rings is 3. The second-order valence-corrected chi connectivity index (χ2v) is 8.86. The third-order valence-electron chi connectivity index (χ3n) is 6.37. The van der Waals surface area contributed by atoms with Gasteiger partial charge in [0.1, 0.15) is 0 Å². The van der Waals surface area contributed by atoms with E-state index in [4.69, 9.17) is 0 Å². The van der Waals surface area contributed by atoms with Crippen molar-refractivity contribution in [2.24, 2.45) is 0 Å². The van der Waals surface area contributed by atoms with Crippen molar-refractivity contribution in [2.45, 2.75) is 13.8 Å². The van der Waals surface area contributed by atoms with Crippen molar-refractivity contribution in [1.82, 2.24) is 4.98 Å². The molecular weight excluding hydrogens is 631 g/mol. The Balaban J connectivity index is 0.000000172. The van der Waals surface area contributed by atoms with Crippen molar-refractivity contribution in [3.05, 3.63) is 139 Å². The maximum absolute atomic E-state index is 4.33. The van der Waals surface area contributed by atoms with Crippen LogP contribution in [0.25, 0.3) is 0 Å². The second-order valence-electron chi connectivity index (χ2n) is 8.86. The largest absolute Gasteiger partial charge is 3.00 e. The summed E-state index contributed by atoms with van der Waals surface area (Å²) in [7, 11) is 2.06. The van der Waals surface area contributed by atoms with E-state index < -0.39 is 0 Å². The average Bonchev–Trinajstić information content (AvgIpc) is 3.27. The number of para-hydroxylation sites is 3. The third-order valence-corrected chi connectivity index (χ3v) is 6.37. The van der Waals surface area contributed by atoms with Gasteiger partial charge < -0.3 is 19.7 Å². The molecule has 184 valence electrons. The van der Waals surface area contributed by atoms with E-state index in [1.54, 1.807) is 6.20 Å². The maximum Gasteiger partial charge on any atom is 3.00 e. The number of pyridine rings is 1. The van der Waals surface area contributed by atoms with E-state index in [-0.39, 0.29) is 26.8 Å². The molecular formula is C31H28BIrN4. The van der Waals surface area contributed by atoms with E-state index in [0.29, 0.717) is 0 Å². The van der Waals surface area contributed by atoms with Crippen molar-refractivity contribution in [1.29, 1.82) is 0 Å². The van der Waals surface area contributed by atoms with E-state index >= 15 is 0 Å². The van der Waals surface area contributed by atoms with Gasteiger partial charge in [-0.05, 0) is 39.1 Å². The molecule has 0 amide bonds. The van der Waals surface area contributed by atoms with Gasteiger partial charge in [0.15, 0.2) is 0 Å². The normalized spacial score (nSPS) is 13.6. The van der Waals surface area contributed by atoms with Crippen LogP contribution in [0.4, 0.5) is 22.9 Å². The van der Waals surface area contributed by atoms with Crippen molar-refractivity contribution in [2.75, 3.05) is 21.7 Å². The molecule has 4 nitrogen and oxygen atoms in total. The first-order chi connectivity index (χ1) is 17.6. The summed E-state index contributed by atoms with van der Waals surface area (Å²) < 4.78 is 0. The van der Waals surface area contributed by atoms with E-state index in [9.17, 15) is 0 Å². The summed E-state index contributed by atoms with van der Waals surface area (Å²) >= 11 is 0. The van der Waals surface area contributed by atoms with Gasteiger partial charge in [-0.3, -0.25) is 0 Å². The molecule has 0 unspecified atom stereocenters. The molecule has 3 aromatic carbocycles. The number of hydrogen-bond acceptors (Lipinski definition) is 4. The summed E-state index contributed by atoms with van der Waals surface area (Å²) in [5.41, 5.74) is 7.51. The molecule has 6 heteroatoms. The van der Waals surface area contributed by atoms with Crippen LogP contribution in [-0.2, 0) is 20.1 Å². The topological polar surface area (TPSA) is 22.6 Å². The first-order valence-corrected chi connectivity index (χ1v) is 12.1. The van der Waals surface area contributed by atoms with Gasteiger partial charge >= 0.3 is 20.1 Å². The van der Waals surface area contributed by atoms with Gasteiger partial charge in [-0.15, -0.1) is 30.0 Å². The predicted molar refractivity (Wildman–Crippen MR) is 152 cm³/mol. The Bertz CT molecular complexity index is 1340. The Morgan fingerprint density at radius 2 is 1.57 bits per heavy atom. The molecule has 0 saturated carbocycles.